The Morgan fingerprint density at radius 3 is 2.53 bits per heavy atom. The van der Waals surface area contributed by atoms with Crippen LogP contribution in [0.3, 0.4) is 0 Å². The average molecular weight is 263 g/mol. The molecule has 0 aliphatic carbocycles. The van der Waals surface area contributed by atoms with Crippen molar-refractivity contribution in [3.8, 4) is 5.75 Å². The molecule has 0 amide bonds. The summed E-state index contributed by atoms with van der Waals surface area (Å²) in [5.41, 5.74) is 7.34. The van der Waals surface area contributed by atoms with Gasteiger partial charge in [0.2, 0.25) is 0 Å². The fourth-order valence-electron chi connectivity index (χ4n) is 2.50. The highest BCUT2D eigenvalue weighted by Crippen LogP contribution is 2.28. The molecular weight excluding hydrogens is 242 g/mol. The molecule has 1 aromatic carbocycles. The lowest BCUT2D eigenvalue weighted by Crippen LogP contribution is -2.46. The van der Waals surface area contributed by atoms with E-state index < -0.39 is 0 Å². The zero-order valence-corrected chi connectivity index (χ0v) is 11.6. The number of nitrogen functional groups attached to an aromatic ring is 1. The average Bonchev–Trinajstić information content (AvgIpc) is 2.36. The van der Waals surface area contributed by atoms with Crippen molar-refractivity contribution in [3.63, 3.8) is 0 Å². The van der Waals surface area contributed by atoms with Crippen molar-refractivity contribution in [2.75, 3.05) is 25.1 Å². The lowest BCUT2D eigenvalue weighted by atomic mass is 10.1. The highest BCUT2D eigenvalue weighted by atomic mass is 16.5. The number of morpholine rings is 1. The molecule has 1 saturated heterocycles. The number of nitrogens with one attached hydrogen (secondary N) is 1. The zero-order valence-electron chi connectivity index (χ0n) is 11.6. The van der Waals surface area contributed by atoms with Gasteiger partial charge in [-0.1, -0.05) is 0 Å². The molecule has 0 saturated carbocycles. The molecule has 0 bridgehead atoms. The molecule has 1 fully saturated rings. The molecule has 1 aliphatic rings. The van der Waals surface area contributed by atoms with Crippen molar-refractivity contribution in [1.82, 2.24) is 0 Å². The number of anilines is 1. The summed E-state index contributed by atoms with van der Waals surface area (Å²) in [6.07, 6.45) is 0.324. The zero-order chi connectivity index (χ0) is 14.0. The molecule has 5 heteroatoms. The third-order valence-electron chi connectivity index (χ3n) is 3.26. The second kappa shape index (κ2) is 5.48. The van der Waals surface area contributed by atoms with Gasteiger partial charge in [0.1, 0.15) is 11.6 Å². The normalized spacial score (nSPS) is 23.2. The van der Waals surface area contributed by atoms with Crippen LogP contribution in [0, 0.1) is 5.41 Å². The molecule has 19 heavy (non-hydrogen) atoms. The van der Waals surface area contributed by atoms with Crippen LogP contribution in [0.2, 0.25) is 0 Å². The molecule has 2 rings (SSSR count). The number of amidine groups is 1. The van der Waals surface area contributed by atoms with E-state index in [-0.39, 0.29) is 18.0 Å². The first kappa shape index (κ1) is 13.7. The Hall–Kier alpha value is -1.75. The molecule has 5 nitrogen and oxygen atoms in total. The number of nitrogens with zero attached hydrogens (tertiary/aromatic N) is 1. The van der Waals surface area contributed by atoms with Crippen molar-refractivity contribution in [2.45, 2.75) is 26.1 Å². The van der Waals surface area contributed by atoms with E-state index in [4.69, 9.17) is 20.6 Å². The summed E-state index contributed by atoms with van der Waals surface area (Å²) in [5, 5.41) is 7.70. The quantitative estimate of drug-likeness (QED) is 0.642. The summed E-state index contributed by atoms with van der Waals surface area (Å²) in [4.78, 5) is 2.21. The third kappa shape index (κ3) is 2.98. The first-order valence-electron chi connectivity index (χ1n) is 6.44. The predicted octanol–water partition coefficient (Wildman–Crippen LogP) is 1.59. The van der Waals surface area contributed by atoms with Crippen LogP contribution in [0.25, 0.3) is 0 Å². The van der Waals surface area contributed by atoms with E-state index in [0.29, 0.717) is 0 Å². The van der Waals surface area contributed by atoms with Gasteiger partial charge in [-0.2, -0.15) is 0 Å². The minimum Gasteiger partial charge on any atom is -0.497 e. The van der Waals surface area contributed by atoms with Crippen molar-refractivity contribution in [2.24, 2.45) is 5.73 Å². The van der Waals surface area contributed by atoms with Gasteiger partial charge in [0, 0.05) is 24.7 Å². The molecule has 3 N–H and O–H groups in total. The first-order valence-corrected chi connectivity index (χ1v) is 6.44. The van der Waals surface area contributed by atoms with Gasteiger partial charge in [-0.15, -0.1) is 0 Å². The first-order chi connectivity index (χ1) is 9.01. The number of nitrogens with two attached hydrogens (primary N) is 1. The molecular formula is C14H21N3O2. The van der Waals surface area contributed by atoms with Crippen molar-refractivity contribution < 1.29 is 9.47 Å². The van der Waals surface area contributed by atoms with Gasteiger partial charge in [0.25, 0.3) is 0 Å². The molecule has 0 spiro atoms. The standard InChI is InChI=1S/C14H21N3O2/c1-9-7-17(8-10(2)19-9)13-6-11(18-3)4-5-12(13)14(15)16/h4-6,9-10H,7-8H2,1-3H3,(H3,15,16). The topological polar surface area (TPSA) is 71.6 Å². The molecule has 0 aromatic heterocycles. The number of rotatable bonds is 3. The summed E-state index contributed by atoms with van der Waals surface area (Å²) in [6, 6.07) is 5.59. The SMILES string of the molecule is COc1ccc(C(=N)N)c(N2CC(C)OC(C)C2)c1. The molecule has 1 aromatic rings. The van der Waals surface area contributed by atoms with E-state index in [1.54, 1.807) is 7.11 Å². The highest BCUT2D eigenvalue weighted by molar-refractivity contribution is 6.00. The maximum Gasteiger partial charge on any atom is 0.124 e. The second-order valence-electron chi connectivity index (χ2n) is 4.96. The van der Waals surface area contributed by atoms with Crippen LogP contribution >= 0.6 is 0 Å². The van der Waals surface area contributed by atoms with Gasteiger partial charge in [-0.05, 0) is 26.0 Å². The van der Waals surface area contributed by atoms with Crippen LogP contribution in [0.1, 0.15) is 19.4 Å². The summed E-state index contributed by atoms with van der Waals surface area (Å²) < 4.78 is 11.0. The van der Waals surface area contributed by atoms with Crippen LogP contribution in [0.15, 0.2) is 18.2 Å². The van der Waals surface area contributed by atoms with E-state index in [2.05, 4.69) is 18.7 Å². The summed E-state index contributed by atoms with van der Waals surface area (Å²) in [5.74, 6) is 0.844. The van der Waals surface area contributed by atoms with Crippen LogP contribution in [-0.2, 0) is 4.74 Å². The van der Waals surface area contributed by atoms with Crippen molar-refractivity contribution in [3.05, 3.63) is 23.8 Å². The Morgan fingerprint density at radius 2 is 2.00 bits per heavy atom. The number of hydrogen-bond acceptors (Lipinski definition) is 4. The van der Waals surface area contributed by atoms with Gasteiger partial charge in [0.05, 0.1) is 25.0 Å². The fraction of sp³-hybridized carbons (Fsp3) is 0.500. The Labute approximate surface area is 113 Å². The molecule has 2 unspecified atom stereocenters. The van der Waals surface area contributed by atoms with Gasteiger partial charge in [0.15, 0.2) is 0 Å². The van der Waals surface area contributed by atoms with Crippen LogP contribution in [-0.4, -0.2) is 38.2 Å². The Kier molecular flexibility index (Phi) is 3.95. The number of methoxy groups -OCH3 is 1. The van der Waals surface area contributed by atoms with Gasteiger partial charge in [-0.3, -0.25) is 5.41 Å². The van der Waals surface area contributed by atoms with Crippen molar-refractivity contribution in [1.29, 1.82) is 5.41 Å². The van der Waals surface area contributed by atoms with E-state index in [0.717, 1.165) is 30.1 Å². The smallest absolute Gasteiger partial charge is 0.124 e. The third-order valence-corrected chi connectivity index (χ3v) is 3.26. The molecule has 104 valence electrons. The minimum atomic E-state index is 0.0736. The van der Waals surface area contributed by atoms with Crippen molar-refractivity contribution >= 4 is 11.5 Å². The lowest BCUT2D eigenvalue weighted by Gasteiger charge is -2.37. The Bertz CT molecular complexity index is 466. The van der Waals surface area contributed by atoms with E-state index in [1.807, 2.05) is 18.2 Å². The highest BCUT2D eigenvalue weighted by Gasteiger charge is 2.24. The van der Waals surface area contributed by atoms with Gasteiger partial charge in [-0.25, -0.2) is 0 Å². The largest absolute Gasteiger partial charge is 0.497 e. The minimum absolute atomic E-state index is 0.0736. The monoisotopic (exact) mass is 263 g/mol. The predicted molar refractivity (Wildman–Crippen MR) is 76.2 cm³/mol. The fourth-order valence-corrected chi connectivity index (χ4v) is 2.50. The summed E-state index contributed by atoms with van der Waals surface area (Å²) in [6.45, 7) is 5.68. The molecule has 1 aliphatic heterocycles. The maximum atomic E-state index is 7.70. The molecule has 1 heterocycles. The Balaban J connectivity index is 2.38. The van der Waals surface area contributed by atoms with Crippen LogP contribution in [0.5, 0.6) is 5.75 Å². The summed E-state index contributed by atoms with van der Waals surface area (Å²) in [7, 11) is 1.64. The maximum absolute atomic E-state index is 7.70. The van der Waals surface area contributed by atoms with Crippen LogP contribution in [0.4, 0.5) is 5.69 Å². The van der Waals surface area contributed by atoms with E-state index in [1.165, 1.54) is 0 Å². The second-order valence-corrected chi connectivity index (χ2v) is 4.96. The Morgan fingerprint density at radius 1 is 1.37 bits per heavy atom. The van der Waals surface area contributed by atoms with Gasteiger partial charge >= 0.3 is 0 Å². The number of ether oxygens (including phenoxy) is 2. The number of hydrogen-bond donors (Lipinski definition) is 2. The number of benzene rings is 1. The van der Waals surface area contributed by atoms with E-state index in [9.17, 15) is 0 Å². The van der Waals surface area contributed by atoms with E-state index >= 15 is 0 Å². The molecule has 0 radical (unpaired) electrons. The van der Waals surface area contributed by atoms with Gasteiger partial charge < -0.3 is 20.1 Å². The molecule has 2 atom stereocenters. The lowest BCUT2D eigenvalue weighted by molar-refractivity contribution is -0.00523. The summed E-state index contributed by atoms with van der Waals surface area (Å²) >= 11 is 0. The van der Waals surface area contributed by atoms with Crippen LogP contribution < -0.4 is 15.4 Å².